The van der Waals surface area contributed by atoms with Gasteiger partial charge in [0, 0.05) is 57.4 Å². The van der Waals surface area contributed by atoms with Gasteiger partial charge in [-0.15, -0.1) is 22.7 Å². The molecule has 72 heavy (non-hydrogen) atoms. The van der Waals surface area contributed by atoms with Crippen molar-refractivity contribution in [3.05, 3.63) is 246 Å². The van der Waals surface area contributed by atoms with Gasteiger partial charge in [0.25, 0.3) is 0 Å². The third-order valence-corrected chi connectivity index (χ3v) is 16.7. The van der Waals surface area contributed by atoms with Crippen molar-refractivity contribution in [1.82, 2.24) is 0 Å². The molecule has 0 amide bonds. The van der Waals surface area contributed by atoms with Crippen LogP contribution in [-0.4, -0.2) is 0 Å². The second kappa shape index (κ2) is 18.2. The van der Waals surface area contributed by atoms with E-state index in [0.717, 1.165) is 23.5 Å². The molecule has 0 saturated carbocycles. The summed E-state index contributed by atoms with van der Waals surface area (Å²) in [4.78, 5) is 2.40. The summed E-state index contributed by atoms with van der Waals surface area (Å²) in [7, 11) is 0. The molecule has 350 valence electrons. The van der Waals surface area contributed by atoms with E-state index in [1.165, 1.54) is 107 Å². The van der Waals surface area contributed by atoms with Gasteiger partial charge in [0.05, 0.1) is 0 Å². The Labute approximate surface area is 432 Å². The van der Waals surface area contributed by atoms with Crippen molar-refractivity contribution in [1.29, 1.82) is 0 Å². The maximum absolute atomic E-state index is 2.43. The van der Waals surface area contributed by atoms with Gasteiger partial charge in [-0.25, -0.2) is 0 Å². The summed E-state index contributed by atoms with van der Waals surface area (Å²) in [5.74, 6) is 0. The first-order chi connectivity index (χ1) is 34.9. The van der Waals surface area contributed by atoms with E-state index in [1.54, 1.807) is 0 Å². The Morgan fingerprint density at radius 1 is 0.389 bits per heavy atom. The number of anilines is 3. The molecule has 0 atom stereocenters. The predicted octanol–water partition coefficient (Wildman–Crippen LogP) is 20.8. The van der Waals surface area contributed by atoms with Crippen molar-refractivity contribution in [3.8, 4) is 22.3 Å². The summed E-state index contributed by atoms with van der Waals surface area (Å²) in [5.41, 5.74) is 16.3. The Kier molecular flexibility index (Phi) is 11.5. The molecule has 12 rings (SSSR count). The third-order valence-electron chi connectivity index (χ3n) is 14.4. The van der Waals surface area contributed by atoms with Gasteiger partial charge in [-0.1, -0.05) is 199 Å². The first kappa shape index (κ1) is 45.6. The zero-order valence-corrected chi connectivity index (χ0v) is 43.5. The second-order valence-corrected chi connectivity index (χ2v) is 23.6. The molecule has 10 aromatic carbocycles. The van der Waals surface area contributed by atoms with Crippen LogP contribution in [0.4, 0.5) is 17.1 Å². The highest BCUT2D eigenvalue weighted by molar-refractivity contribution is 7.26. The molecule has 0 unspecified atom stereocenters. The number of nitrogens with zero attached hydrogens (tertiary/aromatic N) is 1. The van der Waals surface area contributed by atoms with Crippen LogP contribution in [0.25, 0.3) is 85.0 Å². The van der Waals surface area contributed by atoms with Gasteiger partial charge >= 0.3 is 0 Å². The highest BCUT2D eigenvalue weighted by atomic mass is 32.1. The summed E-state index contributed by atoms with van der Waals surface area (Å²) in [6.07, 6.45) is 3.22. The van der Waals surface area contributed by atoms with Crippen molar-refractivity contribution in [2.24, 2.45) is 0 Å². The number of thiophene rings is 2. The third kappa shape index (κ3) is 8.93. The molecule has 2 heterocycles. The quantitative estimate of drug-likeness (QED) is 0.130. The van der Waals surface area contributed by atoms with E-state index in [4.69, 9.17) is 0 Å². The van der Waals surface area contributed by atoms with Crippen LogP contribution in [0.2, 0.25) is 0 Å². The molecular formula is C69H57NS2. The zero-order chi connectivity index (χ0) is 49.1. The molecule has 0 fully saturated rings. The van der Waals surface area contributed by atoms with Crippen LogP contribution < -0.4 is 4.90 Å². The standard InChI is InChI=1S/C69H57NS2/c1-68(2,3)55-26-22-51(23-27-55)52(37-45-17-20-49(21-18-45)47-13-9-7-10-14-47)38-46-19-35-60-62-40-53-41-63-61-36-34-59(44-67(61)72-66(63)43-54(53)42-65(62)71-64(60)39-46)70(58-32-28-56(29-33-58)69(4,5)6)57-30-24-50(25-31-57)48-15-11-8-12-16-48/h7-37,39-44H,38H2,1-6H3/b52-37-. The lowest BCUT2D eigenvalue weighted by atomic mass is 9.85. The van der Waals surface area contributed by atoms with E-state index in [2.05, 4.69) is 271 Å². The fourth-order valence-corrected chi connectivity index (χ4v) is 12.7. The summed E-state index contributed by atoms with van der Waals surface area (Å²) in [6.45, 7) is 13.7. The molecule has 0 bridgehead atoms. The van der Waals surface area contributed by atoms with Crippen LogP contribution >= 0.6 is 22.7 Å². The molecule has 0 aliphatic carbocycles. The Bertz CT molecular complexity index is 3960. The van der Waals surface area contributed by atoms with Crippen molar-refractivity contribution in [2.75, 3.05) is 4.90 Å². The monoisotopic (exact) mass is 963 g/mol. The van der Waals surface area contributed by atoms with Crippen LogP contribution in [0, 0.1) is 0 Å². The van der Waals surface area contributed by atoms with Crippen LogP contribution in [0.3, 0.4) is 0 Å². The first-order valence-corrected chi connectivity index (χ1v) is 26.8. The number of hydrogen-bond acceptors (Lipinski definition) is 3. The fraction of sp³-hybridized carbons (Fsp3) is 0.130. The predicted molar refractivity (Wildman–Crippen MR) is 317 cm³/mol. The zero-order valence-electron chi connectivity index (χ0n) is 41.8. The van der Waals surface area contributed by atoms with Gasteiger partial charge in [0.2, 0.25) is 0 Å². The summed E-state index contributed by atoms with van der Waals surface area (Å²) in [6, 6.07) is 81.5. The maximum atomic E-state index is 2.43. The van der Waals surface area contributed by atoms with Crippen LogP contribution in [0.1, 0.15) is 69.4 Å². The number of allylic oxidation sites excluding steroid dienone is 1. The molecule has 0 aliphatic heterocycles. The lowest BCUT2D eigenvalue weighted by Gasteiger charge is -2.27. The van der Waals surface area contributed by atoms with Crippen LogP contribution in [-0.2, 0) is 17.3 Å². The lowest BCUT2D eigenvalue weighted by molar-refractivity contribution is 0.590. The molecule has 0 aliphatic rings. The summed E-state index contributed by atoms with van der Waals surface area (Å²) < 4.78 is 5.27. The Hall–Kier alpha value is -7.56. The van der Waals surface area contributed by atoms with E-state index >= 15 is 0 Å². The van der Waals surface area contributed by atoms with Crippen molar-refractivity contribution in [3.63, 3.8) is 0 Å². The largest absolute Gasteiger partial charge is 0.310 e. The first-order valence-electron chi connectivity index (χ1n) is 25.2. The van der Waals surface area contributed by atoms with Gasteiger partial charge in [-0.2, -0.15) is 0 Å². The van der Waals surface area contributed by atoms with Gasteiger partial charge in [0.1, 0.15) is 0 Å². The second-order valence-electron chi connectivity index (χ2n) is 21.5. The highest BCUT2D eigenvalue weighted by Gasteiger charge is 2.20. The van der Waals surface area contributed by atoms with E-state index in [0.29, 0.717) is 0 Å². The van der Waals surface area contributed by atoms with Crippen LogP contribution in [0.5, 0.6) is 0 Å². The van der Waals surface area contributed by atoms with Crippen molar-refractivity contribution in [2.45, 2.75) is 58.8 Å². The summed E-state index contributed by atoms with van der Waals surface area (Å²) >= 11 is 3.81. The molecule has 12 aromatic rings. The number of fused-ring (bicyclic) bond motifs is 7. The van der Waals surface area contributed by atoms with Gasteiger partial charge in [-0.05, 0) is 150 Å². The van der Waals surface area contributed by atoms with Gasteiger partial charge in [-0.3, -0.25) is 0 Å². The van der Waals surface area contributed by atoms with Crippen molar-refractivity contribution >= 4 is 103 Å². The highest BCUT2D eigenvalue weighted by Crippen LogP contribution is 2.44. The molecule has 0 radical (unpaired) electrons. The SMILES string of the molecule is CC(C)(C)c1ccc(/C(=C\c2ccc(-c3ccccc3)cc2)Cc2ccc3c(c2)sc2cc4cc5sc6cc(N(c7ccc(-c8ccccc8)cc7)c7ccc(C(C)(C)C)cc7)ccc6c5cc4cc23)cc1. The topological polar surface area (TPSA) is 3.24 Å². The normalized spacial score (nSPS) is 12.4. The lowest BCUT2D eigenvalue weighted by Crippen LogP contribution is -2.13. The minimum atomic E-state index is 0.0759. The molecular weight excluding hydrogens is 907 g/mol. The minimum absolute atomic E-state index is 0.0759. The van der Waals surface area contributed by atoms with Gasteiger partial charge in [0.15, 0.2) is 0 Å². The number of rotatable bonds is 9. The van der Waals surface area contributed by atoms with Crippen LogP contribution in [0.15, 0.2) is 218 Å². The average Bonchev–Trinajstić information content (AvgIpc) is 3.93. The van der Waals surface area contributed by atoms with Crippen molar-refractivity contribution < 1.29 is 0 Å². The molecule has 3 heteroatoms. The van der Waals surface area contributed by atoms with E-state index in [9.17, 15) is 0 Å². The number of benzene rings is 10. The minimum Gasteiger partial charge on any atom is -0.310 e. The smallest absolute Gasteiger partial charge is 0.0476 e. The molecule has 1 nitrogen and oxygen atoms in total. The molecule has 0 N–H and O–H groups in total. The van der Waals surface area contributed by atoms with Gasteiger partial charge < -0.3 is 4.90 Å². The van der Waals surface area contributed by atoms with E-state index in [1.807, 2.05) is 22.7 Å². The molecule has 0 saturated heterocycles. The Morgan fingerprint density at radius 3 is 1.36 bits per heavy atom. The average molecular weight is 964 g/mol. The Morgan fingerprint density at radius 2 is 0.819 bits per heavy atom. The Balaban J connectivity index is 0.879. The molecule has 0 spiro atoms. The number of hydrogen-bond donors (Lipinski definition) is 0. The maximum Gasteiger partial charge on any atom is 0.0476 e. The summed E-state index contributed by atoms with van der Waals surface area (Å²) in [5, 5.41) is 7.83. The van der Waals surface area contributed by atoms with E-state index in [-0.39, 0.29) is 10.8 Å². The molecule has 2 aromatic heterocycles. The van der Waals surface area contributed by atoms with E-state index < -0.39 is 0 Å². The fourth-order valence-electron chi connectivity index (χ4n) is 10.3.